The van der Waals surface area contributed by atoms with Gasteiger partial charge in [-0.15, -0.1) is 0 Å². The Labute approximate surface area is 111 Å². The molecule has 2 heterocycles. The minimum absolute atomic E-state index is 0.272. The van der Waals surface area contributed by atoms with Gasteiger partial charge in [-0.1, -0.05) is 18.2 Å². The topological polar surface area (TPSA) is 32.3 Å². The van der Waals surface area contributed by atoms with Crippen LogP contribution < -0.4 is 9.80 Å². The average Bonchev–Trinajstić information content (AvgIpc) is 2.47. The zero-order valence-corrected chi connectivity index (χ0v) is 11.0. The van der Waals surface area contributed by atoms with Crippen molar-refractivity contribution in [3.05, 3.63) is 41.3 Å². The Morgan fingerprint density at radius 2 is 1.94 bits per heavy atom. The third-order valence-electron chi connectivity index (χ3n) is 3.21. The predicted molar refractivity (Wildman–Crippen MR) is 73.7 cm³/mol. The summed E-state index contributed by atoms with van der Waals surface area (Å²) in [6.07, 6.45) is 1.77. The van der Waals surface area contributed by atoms with Crippen LogP contribution >= 0.6 is 11.6 Å². The standard InChI is InChI=1S/C13H13ClN4/c1-17-8-9-5-3-4-6-10(9)18(2)12-11(17)7-15-13(14)16-12/h3-7H,8H2,1-2H3. The van der Waals surface area contributed by atoms with Crippen LogP contribution in [0.1, 0.15) is 5.56 Å². The molecule has 92 valence electrons. The fourth-order valence-corrected chi connectivity index (χ4v) is 2.42. The van der Waals surface area contributed by atoms with Crippen LogP contribution in [0.5, 0.6) is 0 Å². The van der Waals surface area contributed by atoms with E-state index in [-0.39, 0.29) is 5.28 Å². The molecule has 0 spiro atoms. The molecule has 0 radical (unpaired) electrons. The number of hydrogen-bond acceptors (Lipinski definition) is 4. The number of rotatable bonds is 0. The van der Waals surface area contributed by atoms with Crippen LogP contribution in [0.15, 0.2) is 30.5 Å². The van der Waals surface area contributed by atoms with E-state index in [1.165, 1.54) is 5.56 Å². The number of anilines is 3. The van der Waals surface area contributed by atoms with E-state index in [4.69, 9.17) is 11.6 Å². The lowest BCUT2D eigenvalue weighted by atomic mass is 10.1. The molecule has 1 aliphatic rings. The molecule has 0 saturated heterocycles. The van der Waals surface area contributed by atoms with Crippen LogP contribution in [0.25, 0.3) is 0 Å². The van der Waals surface area contributed by atoms with Gasteiger partial charge < -0.3 is 9.80 Å². The third kappa shape index (κ3) is 1.69. The minimum Gasteiger partial charge on any atom is -0.366 e. The molecule has 0 N–H and O–H groups in total. The van der Waals surface area contributed by atoms with Gasteiger partial charge >= 0.3 is 0 Å². The summed E-state index contributed by atoms with van der Waals surface area (Å²) in [7, 11) is 4.03. The fourth-order valence-electron chi connectivity index (χ4n) is 2.29. The molecule has 0 atom stereocenters. The van der Waals surface area contributed by atoms with E-state index in [9.17, 15) is 0 Å². The number of halogens is 1. The number of hydrogen-bond donors (Lipinski definition) is 0. The van der Waals surface area contributed by atoms with Gasteiger partial charge in [0.2, 0.25) is 5.28 Å². The number of aromatic nitrogens is 2. The summed E-state index contributed by atoms with van der Waals surface area (Å²) in [4.78, 5) is 12.6. The van der Waals surface area contributed by atoms with E-state index < -0.39 is 0 Å². The predicted octanol–water partition coefficient (Wildman–Crippen LogP) is 2.85. The van der Waals surface area contributed by atoms with E-state index >= 15 is 0 Å². The molecular weight excluding hydrogens is 248 g/mol. The summed E-state index contributed by atoms with van der Waals surface area (Å²) in [5.41, 5.74) is 3.40. The molecule has 0 fully saturated rings. The highest BCUT2D eigenvalue weighted by atomic mass is 35.5. The summed E-state index contributed by atoms with van der Waals surface area (Å²) in [5.74, 6) is 0.836. The average molecular weight is 261 g/mol. The van der Waals surface area contributed by atoms with Gasteiger partial charge in [-0.2, -0.15) is 4.98 Å². The first-order valence-electron chi connectivity index (χ1n) is 5.72. The molecule has 18 heavy (non-hydrogen) atoms. The first kappa shape index (κ1) is 11.3. The monoisotopic (exact) mass is 260 g/mol. The highest BCUT2D eigenvalue weighted by Gasteiger charge is 2.22. The molecular formula is C13H13ClN4. The van der Waals surface area contributed by atoms with E-state index in [2.05, 4.69) is 38.0 Å². The SMILES string of the molecule is CN1Cc2ccccc2N(C)c2nc(Cl)ncc21. The highest BCUT2D eigenvalue weighted by Crippen LogP contribution is 2.37. The zero-order valence-electron chi connectivity index (χ0n) is 10.3. The molecule has 5 heteroatoms. The number of fused-ring (bicyclic) bond motifs is 2. The van der Waals surface area contributed by atoms with Crippen molar-refractivity contribution >= 4 is 28.8 Å². The number of para-hydroxylation sites is 1. The molecule has 2 aromatic rings. The zero-order chi connectivity index (χ0) is 12.7. The van der Waals surface area contributed by atoms with E-state index in [1.807, 2.05) is 20.2 Å². The molecule has 0 unspecified atom stereocenters. The fraction of sp³-hybridized carbons (Fsp3) is 0.231. The lowest BCUT2D eigenvalue weighted by Gasteiger charge is -2.21. The quantitative estimate of drug-likeness (QED) is 0.682. The van der Waals surface area contributed by atoms with Gasteiger partial charge in [-0.3, -0.25) is 0 Å². The Balaban J connectivity index is 2.23. The van der Waals surface area contributed by atoms with Gasteiger partial charge in [0.05, 0.1) is 11.9 Å². The number of benzene rings is 1. The molecule has 0 amide bonds. The minimum atomic E-state index is 0.272. The van der Waals surface area contributed by atoms with Crippen molar-refractivity contribution < 1.29 is 0 Å². The van der Waals surface area contributed by atoms with Crippen LogP contribution in [0.4, 0.5) is 17.2 Å². The summed E-state index contributed by atoms with van der Waals surface area (Å²) in [5, 5.41) is 0.272. The molecule has 0 aliphatic carbocycles. The molecule has 1 aliphatic heterocycles. The Bertz CT molecular complexity index is 599. The maximum absolute atomic E-state index is 5.90. The van der Waals surface area contributed by atoms with Crippen LogP contribution in [-0.4, -0.2) is 24.1 Å². The largest absolute Gasteiger partial charge is 0.366 e. The molecule has 4 nitrogen and oxygen atoms in total. The first-order chi connectivity index (χ1) is 8.66. The second kappa shape index (κ2) is 4.14. The number of nitrogens with zero attached hydrogens (tertiary/aromatic N) is 4. The van der Waals surface area contributed by atoms with Crippen molar-refractivity contribution in [1.82, 2.24) is 9.97 Å². The Kier molecular flexibility index (Phi) is 2.59. The maximum atomic E-state index is 5.90. The highest BCUT2D eigenvalue weighted by molar-refractivity contribution is 6.28. The smallest absolute Gasteiger partial charge is 0.224 e. The molecule has 1 aromatic heterocycles. The van der Waals surface area contributed by atoms with E-state index in [0.717, 1.165) is 23.7 Å². The normalized spacial score (nSPS) is 13.9. The van der Waals surface area contributed by atoms with Crippen LogP contribution in [0, 0.1) is 0 Å². The van der Waals surface area contributed by atoms with Crippen molar-refractivity contribution in [2.24, 2.45) is 0 Å². The lowest BCUT2D eigenvalue weighted by Crippen LogP contribution is -2.16. The van der Waals surface area contributed by atoms with Gasteiger partial charge in [0.1, 0.15) is 0 Å². The van der Waals surface area contributed by atoms with Crippen molar-refractivity contribution in [1.29, 1.82) is 0 Å². The van der Waals surface area contributed by atoms with Crippen molar-refractivity contribution in [3.8, 4) is 0 Å². The second-order valence-corrected chi connectivity index (χ2v) is 4.73. The van der Waals surface area contributed by atoms with Crippen molar-refractivity contribution in [3.63, 3.8) is 0 Å². The third-order valence-corrected chi connectivity index (χ3v) is 3.39. The maximum Gasteiger partial charge on any atom is 0.224 e. The molecule has 1 aromatic carbocycles. The van der Waals surface area contributed by atoms with Crippen LogP contribution in [-0.2, 0) is 6.54 Å². The van der Waals surface area contributed by atoms with Crippen LogP contribution in [0.2, 0.25) is 5.28 Å². The summed E-state index contributed by atoms with van der Waals surface area (Å²) < 4.78 is 0. The Hall–Kier alpha value is -1.81. The first-order valence-corrected chi connectivity index (χ1v) is 6.10. The van der Waals surface area contributed by atoms with Gasteiger partial charge in [-0.05, 0) is 23.2 Å². The van der Waals surface area contributed by atoms with E-state index in [1.54, 1.807) is 6.20 Å². The summed E-state index contributed by atoms with van der Waals surface area (Å²) >= 11 is 5.90. The molecule has 3 rings (SSSR count). The Morgan fingerprint density at radius 1 is 1.17 bits per heavy atom. The van der Waals surface area contributed by atoms with Gasteiger partial charge in [0.25, 0.3) is 0 Å². The van der Waals surface area contributed by atoms with Gasteiger partial charge in [0, 0.05) is 26.3 Å². The molecule has 0 bridgehead atoms. The lowest BCUT2D eigenvalue weighted by molar-refractivity contribution is 0.924. The van der Waals surface area contributed by atoms with Crippen LogP contribution in [0.3, 0.4) is 0 Å². The van der Waals surface area contributed by atoms with Crippen molar-refractivity contribution in [2.75, 3.05) is 23.9 Å². The summed E-state index contributed by atoms with van der Waals surface area (Å²) in [6, 6.07) is 8.30. The summed E-state index contributed by atoms with van der Waals surface area (Å²) in [6.45, 7) is 0.832. The van der Waals surface area contributed by atoms with Gasteiger partial charge in [0.15, 0.2) is 5.82 Å². The Morgan fingerprint density at radius 3 is 2.78 bits per heavy atom. The second-order valence-electron chi connectivity index (χ2n) is 4.39. The van der Waals surface area contributed by atoms with E-state index in [0.29, 0.717) is 0 Å². The van der Waals surface area contributed by atoms with Gasteiger partial charge in [-0.25, -0.2) is 4.98 Å². The van der Waals surface area contributed by atoms with Crippen molar-refractivity contribution in [2.45, 2.75) is 6.54 Å². The molecule has 0 saturated carbocycles.